The number of carbonyl (C=O) groups is 1. The van der Waals surface area contributed by atoms with Gasteiger partial charge in [0.25, 0.3) is 0 Å². The van der Waals surface area contributed by atoms with Crippen LogP contribution in [0.4, 0.5) is 4.39 Å². The van der Waals surface area contributed by atoms with Gasteiger partial charge in [0.15, 0.2) is 5.69 Å². The van der Waals surface area contributed by atoms with Gasteiger partial charge < -0.3 is 9.64 Å². The number of hydrogen-bond donors (Lipinski definition) is 0. The number of piperidine rings is 1. The Hall–Kier alpha value is -1.49. The van der Waals surface area contributed by atoms with Crippen molar-refractivity contribution in [2.75, 3.05) is 20.1 Å². The molecule has 92 valence electrons. The predicted octanol–water partition coefficient (Wildman–Crippen LogP) is 1.47. The maximum atomic E-state index is 12.8. The molecule has 1 aromatic rings. The summed E-state index contributed by atoms with van der Waals surface area (Å²) in [6.07, 6.45) is 1.55. The molecule has 0 spiro atoms. The van der Waals surface area contributed by atoms with Crippen molar-refractivity contribution in [2.24, 2.45) is 0 Å². The van der Waals surface area contributed by atoms with Gasteiger partial charge in [-0.2, -0.15) is 4.39 Å². The minimum absolute atomic E-state index is 0.0314. The van der Waals surface area contributed by atoms with E-state index in [1.54, 1.807) is 0 Å². The van der Waals surface area contributed by atoms with Crippen molar-refractivity contribution in [2.45, 2.75) is 18.9 Å². The summed E-state index contributed by atoms with van der Waals surface area (Å²) in [7, 11) is 2.03. The molecule has 1 aliphatic heterocycles. The maximum absolute atomic E-state index is 12.8. The van der Waals surface area contributed by atoms with E-state index in [0.717, 1.165) is 25.9 Å². The van der Waals surface area contributed by atoms with Crippen LogP contribution in [0.15, 0.2) is 18.2 Å². The number of ether oxygens (including phenoxy) is 1. The van der Waals surface area contributed by atoms with Crippen LogP contribution in [0.25, 0.3) is 0 Å². The fourth-order valence-electron chi connectivity index (χ4n) is 1.84. The van der Waals surface area contributed by atoms with Crippen LogP contribution in [0.2, 0.25) is 0 Å². The first-order valence-corrected chi connectivity index (χ1v) is 5.67. The molecule has 4 nitrogen and oxygen atoms in total. The zero-order valence-corrected chi connectivity index (χ0v) is 9.73. The second kappa shape index (κ2) is 5.23. The third-order valence-electron chi connectivity index (χ3n) is 2.86. The van der Waals surface area contributed by atoms with Crippen molar-refractivity contribution in [3.8, 4) is 0 Å². The summed E-state index contributed by atoms with van der Waals surface area (Å²) in [6, 6.07) is 4.11. The van der Waals surface area contributed by atoms with Gasteiger partial charge in [-0.05, 0) is 32.0 Å². The molecular formula is C12H15FN2O2. The number of nitrogens with zero attached hydrogens (tertiary/aromatic N) is 2. The topological polar surface area (TPSA) is 42.4 Å². The van der Waals surface area contributed by atoms with E-state index >= 15 is 0 Å². The molecule has 0 saturated carbocycles. The van der Waals surface area contributed by atoms with Gasteiger partial charge >= 0.3 is 5.97 Å². The average Bonchev–Trinajstić information content (AvgIpc) is 2.32. The smallest absolute Gasteiger partial charge is 0.357 e. The average molecular weight is 238 g/mol. The van der Waals surface area contributed by atoms with E-state index in [0.29, 0.717) is 0 Å². The lowest BCUT2D eigenvalue weighted by molar-refractivity contribution is 0.0132. The quantitative estimate of drug-likeness (QED) is 0.578. The standard InChI is InChI=1S/C12H15FN2O2/c1-15-7-5-9(6-8-15)17-12(16)10-3-2-4-11(13)14-10/h2-4,9H,5-8H2,1H3. The highest BCUT2D eigenvalue weighted by Gasteiger charge is 2.21. The molecular weight excluding hydrogens is 223 g/mol. The van der Waals surface area contributed by atoms with Gasteiger partial charge in [-0.25, -0.2) is 9.78 Å². The molecule has 1 saturated heterocycles. The first-order chi connectivity index (χ1) is 8.15. The van der Waals surface area contributed by atoms with E-state index in [4.69, 9.17) is 4.74 Å². The molecule has 17 heavy (non-hydrogen) atoms. The van der Waals surface area contributed by atoms with E-state index in [1.807, 2.05) is 7.05 Å². The molecule has 0 bridgehead atoms. The summed E-state index contributed by atoms with van der Waals surface area (Å²) < 4.78 is 18.1. The number of rotatable bonds is 2. The van der Waals surface area contributed by atoms with Gasteiger partial charge in [0, 0.05) is 13.1 Å². The summed E-state index contributed by atoms with van der Waals surface area (Å²) in [4.78, 5) is 17.4. The zero-order chi connectivity index (χ0) is 12.3. The first-order valence-electron chi connectivity index (χ1n) is 5.67. The molecule has 2 rings (SSSR count). The van der Waals surface area contributed by atoms with E-state index in [1.165, 1.54) is 18.2 Å². The Balaban J connectivity index is 1.93. The lowest BCUT2D eigenvalue weighted by atomic mass is 10.1. The van der Waals surface area contributed by atoms with Crippen molar-refractivity contribution in [1.82, 2.24) is 9.88 Å². The predicted molar refractivity (Wildman–Crippen MR) is 60.1 cm³/mol. The summed E-state index contributed by atoms with van der Waals surface area (Å²) >= 11 is 0. The van der Waals surface area contributed by atoms with Crippen LogP contribution in [-0.2, 0) is 4.74 Å². The Kier molecular flexibility index (Phi) is 3.68. The highest BCUT2D eigenvalue weighted by Crippen LogP contribution is 2.14. The lowest BCUT2D eigenvalue weighted by Gasteiger charge is -2.28. The second-order valence-corrected chi connectivity index (χ2v) is 4.25. The highest BCUT2D eigenvalue weighted by atomic mass is 19.1. The first kappa shape index (κ1) is 12.0. The largest absolute Gasteiger partial charge is 0.458 e. The number of halogens is 1. The molecule has 0 atom stereocenters. The molecule has 0 radical (unpaired) electrons. The van der Waals surface area contributed by atoms with Crippen LogP contribution < -0.4 is 0 Å². The number of likely N-dealkylation sites (tertiary alicyclic amines) is 1. The van der Waals surface area contributed by atoms with Crippen LogP contribution >= 0.6 is 0 Å². The molecule has 1 aromatic heterocycles. The maximum Gasteiger partial charge on any atom is 0.357 e. The fraction of sp³-hybridized carbons (Fsp3) is 0.500. The van der Waals surface area contributed by atoms with Gasteiger partial charge in [0.2, 0.25) is 5.95 Å². The van der Waals surface area contributed by atoms with Crippen molar-refractivity contribution in [3.63, 3.8) is 0 Å². The third-order valence-corrected chi connectivity index (χ3v) is 2.86. The Morgan fingerprint density at radius 2 is 2.18 bits per heavy atom. The molecule has 0 unspecified atom stereocenters. The molecule has 1 aliphatic rings. The number of carbonyl (C=O) groups excluding carboxylic acids is 1. The Bertz CT molecular complexity index is 403. The van der Waals surface area contributed by atoms with Crippen LogP contribution in [0.5, 0.6) is 0 Å². The van der Waals surface area contributed by atoms with E-state index in [2.05, 4.69) is 9.88 Å². The van der Waals surface area contributed by atoms with Crippen molar-refractivity contribution >= 4 is 5.97 Å². The zero-order valence-electron chi connectivity index (χ0n) is 9.73. The summed E-state index contributed by atoms with van der Waals surface area (Å²) in [5, 5.41) is 0. The fourth-order valence-corrected chi connectivity index (χ4v) is 1.84. The van der Waals surface area contributed by atoms with Crippen LogP contribution in [0, 0.1) is 5.95 Å². The number of pyridine rings is 1. The van der Waals surface area contributed by atoms with E-state index in [9.17, 15) is 9.18 Å². The lowest BCUT2D eigenvalue weighted by Crippen LogP contribution is -2.35. The minimum atomic E-state index is -0.664. The normalized spacial score (nSPS) is 18.0. The number of aromatic nitrogens is 1. The molecule has 2 heterocycles. The molecule has 0 amide bonds. The van der Waals surface area contributed by atoms with Gasteiger partial charge in [0.05, 0.1) is 0 Å². The summed E-state index contributed by atoms with van der Waals surface area (Å²) in [5.74, 6) is -1.21. The van der Waals surface area contributed by atoms with Gasteiger partial charge in [-0.1, -0.05) is 6.07 Å². The Labute approximate surface area is 99.4 Å². The molecule has 0 aromatic carbocycles. The van der Waals surface area contributed by atoms with E-state index in [-0.39, 0.29) is 11.8 Å². The van der Waals surface area contributed by atoms with Crippen molar-refractivity contribution in [3.05, 3.63) is 29.8 Å². The van der Waals surface area contributed by atoms with E-state index < -0.39 is 11.9 Å². The molecule has 1 fully saturated rings. The molecule has 5 heteroatoms. The number of esters is 1. The second-order valence-electron chi connectivity index (χ2n) is 4.25. The van der Waals surface area contributed by atoms with Crippen LogP contribution in [0.1, 0.15) is 23.3 Å². The minimum Gasteiger partial charge on any atom is -0.458 e. The summed E-state index contributed by atoms with van der Waals surface area (Å²) in [6.45, 7) is 1.82. The SMILES string of the molecule is CN1CCC(OC(=O)c2cccc(F)n2)CC1. The third kappa shape index (κ3) is 3.23. The Morgan fingerprint density at radius 3 is 2.82 bits per heavy atom. The summed E-state index contributed by atoms with van der Waals surface area (Å²) in [5.41, 5.74) is 0.0314. The highest BCUT2D eigenvalue weighted by molar-refractivity contribution is 5.87. The van der Waals surface area contributed by atoms with Gasteiger partial charge in [-0.3, -0.25) is 0 Å². The molecule has 0 N–H and O–H groups in total. The van der Waals surface area contributed by atoms with Gasteiger partial charge in [-0.15, -0.1) is 0 Å². The van der Waals surface area contributed by atoms with Crippen molar-refractivity contribution in [1.29, 1.82) is 0 Å². The van der Waals surface area contributed by atoms with Gasteiger partial charge in [0.1, 0.15) is 6.10 Å². The number of hydrogen-bond acceptors (Lipinski definition) is 4. The van der Waals surface area contributed by atoms with Crippen molar-refractivity contribution < 1.29 is 13.9 Å². The monoisotopic (exact) mass is 238 g/mol. The van der Waals surface area contributed by atoms with Crippen LogP contribution in [-0.4, -0.2) is 42.1 Å². The molecule has 0 aliphatic carbocycles. The van der Waals surface area contributed by atoms with Crippen LogP contribution in [0.3, 0.4) is 0 Å². The Morgan fingerprint density at radius 1 is 1.47 bits per heavy atom.